The van der Waals surface area contributed by atoms with E-state index in [1.165, 1.54) is 0 Å². The minimum atomic E-state index is 0.532. The molecule has 2 N–H and O–H groups in total. The van der Waals surface area contributed by atoms with E-state index in [1.807, 2.05) is 35.9 Å². The first kappa shape index (κ1) is 17.9. The normalized spacial score (nSPS) is 11.9. The van der Waals surface area contributed by atoms with E-state index in [0.717, 1.165) is 52.0 Å². The molecule has 0 saturated carbocycles. The van der Waals surface area contributed by atoms with Gasteiger partial charge in [0.1, 0.15) is 5.65 Å². The summed E-state index contributed by atoms with van der Waals surface area (Å²) >= 11 is 5.16. The maximum absolute atomic E-state index is 4.63. The maximum Gasteiger partial charge on any atom is 0.191 e. The van der Waals surface area contributed by atoms with Gasteiger partial charge in [-0.15, -0.1) is 11.3 Å². The Balaban J connectivity index is 1.60. The second kappa shape index (κ2) is 8.44. The van der Waals surface area contributed by atoms with E-state index < -0.39 is 0 Å². The molecular formula is C17H21BrN6S. The third-order valence-electron chi connectivity index (χ3n) is 3.55. The van der Waals surface area contributed by atoms with Gasteiger partial charge in [0.05, 0.1) is 22.9 Å². The summed E-state index contributed by atoms with van der Waals surface area (Å²) in [6.07, 6.45) is 4.89. The van der Waals surface area contributed by atoms with Gasteiger partial charge in [-0.2, -0.15) is 0 Å². The Morgan fingerprint density at radius 3 is 2.88 bits per heavy atom. The molecule has 3 aromatic rings. The van der Waals surface area contributed by atoms with Crippen molar-refractivity contribution in [3.05, 3.63) is 50.8 Å². The Hall–Kier alpha value is -1.93. The van der Waals surface area contributed by atoms with Gasteiger partial charge >= 0.3 is 0 Å². The number of aliphatic imine (C=N–C) groups is 1. The molecule has 0 aromatic carbocycles. The number of aryl methyl sites for hydroxylation is 1. The summed E-state index contributed by atoms with van der Waals surface area (Å²) in [6.45, 7) is 6.24. The second-order valence-electron chi connectivity index (χ2n) is 5.57. The minimum Gasteiger partial charge on any atom is -0.357 e. The fourth-order valence-corrected chi connectivity index (χ4v) is 3.43. The number of rotatable bonds is 6. The first-order valence-electron chi connectivity index (χ1n) is 8.20. The van der Waals surface area contributed by atoms with Crippen LogP contribution in [0.4, 0.5) is 0 Å². The zero-order valence-corrected chi connectivity index (χ0v) is 16.7. The molecule has 8 heteroatoms. The molecule has 0 fully saturated rings. The zero-order valence-electron chi connectivity index (χ0n) is 14.3. The van der Waals surface area contributed by atoms with Crippen LogP contribution in [0.3, 0.4) is 0 Å². The number of aromatic nitrogens is 3. The fraction of sp³-hybridized carbons (Fsp3) is 0.353. The van der Waals surface area contributed by atoms with E-state index in [9.17, 15) is 0 Å². The number of pyridine rings is 1. The largest absolute Gasteiger partial charge is 0.357 e. The molecule has 0 aliphatic rings. The van der Waals surface area contributed by atoms with Gasteiger partial charge in [-0.3, -0.25) is 0 Å². The Kier molecular flexibility index (Phi) is 6.04. The van der Waals surface area contributed by atoms with Crippen LogP contribution >= 0.6 is 27.3 Å². The number of imidazole rings is 1. The lowest BCUT2D eigenvalue weighted by Crippen LogP contribution is -2.38. The zero-order chi connectivity index (χ0) is 17.6. The van der Waals surface area contributed by atoms with Crippen molar-refractivity contribution in [3.63, 3.8) is 0 Å². The standard InChI is InChI=1S/C17H21BrN6S/c1-3-19-17(20-7-6-14-11-25-12(2)22-14)21-8-15-10-24-9-13(18)4-5-16(24)23-15/h4-5,9-11H,3,6-8H2,1-2H3,(H2,19,20,21). The highest BCUT2D eigenvalue weighted by Gasteiger charge is 2.04. The highest BCUT2D eigenvalue weighted by atomic mass is 79.9. The molecular weight excluding hydrogens is 400 g/mol. The van der Waals surface area contributed by atoms with Crippen molar-refractivity contribution in [3.8, 4) is 0 Å². The predicted octanol–water partition coefficient (Wildman–Crippen LogP) is 3.16. The number of halogens is 1. The lowest BCUT2D eigenvalue weighted by molar-refractivity contribution is 0.788. The van der Waals surface area contributed by atoms with Crippen LogP contribution in [0.1, 0.15) is 23.3 Å². The van der Waals surface area contributed by atoms with Gasteiger partial charge in [-0.05, 0) is 41.9 Å². The second-order valence-corrected chi connectivity index (χ2v) is 7.55. The number of hydrogen-bond acceptors (Lipinski definition) is 4. The van der Waals surface area contributed by atoms with E-state index in [1.54, 1.807) is 11.3 Å². The summed E-state index contributed by atoms with van der Waals surface area (Å²) in [5, 5.41) is 9.83. The average Bonchev–Trinajstić information content (AvgIpc) is 3.18. The van der Waals surface area contributed by atoms with Crippen molar-refractivity contribution in [1.82, 2.24) is 25.0 Å². The minimum absolute atomic E-state index is 0.532. The van der Waals surface area contributed by atoms with Crippen molar-refractivity contribution in [2.75, 3.05) is 13.1 Å². The van der Waals surface area contributed by atoms with E-state index >= 15 is 0 Å². The molecule has 132 valence electrons. The molecule has 6 nitrogen and oxygen atoms in total. The number of fused-ring (bicyclic) bond motifs is 1. The monoisotopic (exact) mass is 420 g/mol. The molecule has 0 atom stereocenters. The topological polar surface area (TPSA) is 66.6 Å². The molecule has 0 spiro atoms. The summed E-state index contributed by atoms with van der Waals surface area (Å²) in [7, 11) is 0. The van der Waals surface area contributed by atoms with Crippen molar-refractivity contribution in [2.24, 2.45) is 4.99 Å². The molecule has 0 saturated heterocycles. The number of guanidine groups is 1. The quantitative estimate of drug-likeness (QED) is 0.474. The molecule has 3 heterocycles. The van der Waals surface area contributed by atoms with Crippen LogP contribution in [-0.4, -0.2) is 33.4 Å². The van der Waals surface area contributed by atoms with Crippen LogP contribution in [0.25, 0.3) is 5.65 Å². The SMILES string of the molecule is CCNC(=NCc1cn2cc(Br)ccc2n1)NCCc1csc(C)n1. The van der Waals surface area contributed by atoms with Gasteiger partial charge in [0, 0.05) is 41.8 Å². The van der Waals surface area contributed by atoms with Gasteiger partial charge < -0.3 is 15.0 Å². The summed E-state index contributed by atoms with van der Waals surface area (Å²) in [5.74, 6) is 0.799. The smallest absolute Gasteiger partial charge is 0.191 e. The molecule has 3 aromatic heterocycles. The van der Waals surface area contributed by atoms with E-state index in [-0.39, 0.29) is 0 Å². The first-order chi connectivity index (χ1) is 12.1. The summed E-state index contributed by atoms with van der Waals surface area (Å²) in [6, 6.07) is 3.97. The summed E-state index contributed by atoms with van der Waals surface area (Å²) < 4.78 is 3.03. The Morgan fingerprint density at radius 1 is 1.24 bits per heavy atom. The van der Waals surface area contributed by atoms with Crippen LogP contribution in [0, 0.1) is 6.92 Å². The van der Waals surface area contributed by atoms with Gasteiger partial charge in [-0.1, -0.05) is 0 Å². The van der Waals surface area contributed by atoms with Crippen molar-refractivity contribution in [2.45, 2.75) is 26.8 Å². The summed E-state index contributed by atoms with van der Waals surface area (Å²) in [5.41, 5.74) is 2.98. The molecule has 25 heavy (non-hydrogen) atoms. The fourth-order valence-electron chi connectivity index (χ4n) is 2.43. The molecule has 0 aliphatic heterocycles. The molecule has 0 aliphatic carbocycles. The maximum atomic E-state index is 4.63. The number of nitrogens with zero attached hydrogens (tertiary/aromatic N) is 4. The van der Waals surface area contributed by atoms with E-state index in [4.69, 9.17) is 0 Å². The lowest BCUT2D eigenvalue weighted by atomic mass is 10.3. The number of nitrogens with one attached hydrogen (secondary N) is 2. The molecule has 0 bridgehead atoms. The lowest BCUT2D eigenvalue weighted by Gasteiger charge is -2.10. The molecule has 3 rings (SSSR count). The van der Waals surface area contributed by atoms with Crippen LogP contribution in [0.5, 0.6) is 0 Å². The van der Waals surface area contributed by atoms with Crippen LogP contribution in [0.15, 0.2) is 39.4 Å². The Labute approximate surface area is 159 Å². The van der Waals surface area contributed by atoms with Crippen molar-refractivity contribution < 1.29 is 0 Å². The summed E-state index contributed by atoms with van der Waals surface area (Å²) in [4.78, 5) is 13.7. The van der Waals surface area contributed by atoms with Crippen LogP contribution in [-0.2, 0) is 13.0 Å². The highest BCUT2D eigenvalue weighted by Crippen LogP contribution is 2.13. The van der Waals surface area contributed by atoms with Gasteiger partial charge in [0.2, 0.25) is 0 Å². The van der Waals surface area contributed by atoms with Gasteiger partial charge in [0.25, 0.3) is 0 Å². The highest BCUT2D eigenvalue weighted by molar-refractivity contribution is 9.10. The average molecular weight is 421 g/mol. The van der Waals surface area contributed by atoms with Crippen LogP contribution < -0.4 is 10.6 Å². The van der Waals surface area contributed by atoms with E-state index in [2.05, 4.69) is 53.8 Å². The van der Waals surface area contributed by atoms with Gasteiger partial charge in [0.15, 0.2) is 5.96 Å². The van der Waals surface area contributed by atoms with Crippen molar-refractivity contribution in [1.29, 1.82) is 0 Å². The molecule has 0 amide bonds. The molecule has 0 unspecified atom stereocenters. The molecule has 0 radical (unpaired) electrons. The first-order valence-corrected chi connectivity index (χ1v) is 9.87. The van der Waals surface area contributed by atoms with Gasteiger partial charge in [-0.25, -0.2) is 15.0 Å². The van der Waals surface area contributed by atoms with Crippen LogP contribution in [0.2, 0.25) is 0 Å². The third kappa shape index (κ3) is 5.02. The third-order valence-corrected chi connectivity index (χ3v) is 4.84. The Bertz CT molecular complexity index is 869. The van der Waals surface area contributed by atoms with E-state index in [0.29, 0.717) is 6.54 Å². The number of thiazole rings is 1. The van der Waals surface area contributed by atoms with Crippen molar-refractivity contribution >= 4 is 38.9 Å². The predicted molar refractivity (Wildman–Crippen MR) is 106 cm³/mol. The number of hydrogen-bond donors (Lipinski definition) is 2. The Morgan fingerprint density at radius 2 is 2.12 bits per heavy atom.